The number of fused-ring (bicyclic) bond motifs is 1. The largest absolute Gasteiger partial charge is 0.388 e. The number of pyridine rings is 1. The first-order valence-electron chi connectivity index (χ1n) is 6.02. The maximum absolute atomic E-state index is 9.72. The second-order valence-electron chi connectivity index (χ2n) is 5.28. The van der Waals surface area contributed by atoms with Crippen LogP contribution in [-0.4, -0.2) is 33.1 Å². The van der Waals surface area contributed by atoms with Gasteiger partial charge in [0.1, 0.15) is 6.07 Å². The van der Waals surface area contributed by atoms with E-state index in [0.29, 0.717) is 13.1 Å². The maximum Gasteiger partial charge on any atom is 0.102 e. The Hall–Kier alpha value is -1.83. The number of hydrogen-bond acceptors (Lipinski definition) is 3. The van der Waals surface area contributed by atoms with Gasteiger partial charge in [0.2, 0.25) is 0 Å². The summed E-state index contributed by atoms with van der Waals surface area (Å²) in [5, 5.41) is 19.0. The molecule has 1 N–H and O–H groups in total. The lowest BCUT2D eigenvalue weighted by molar-refractivity contribution is -0.0871. The van der Waals surface area contributed by atoms with E-state index in [0.717, 1.165) is 23.2 Å². The number of aliphatic hydroxyl groups is 1. The van der Waals surface area contributed by atoms with Crippen molar-refractivity contribution < 1.29 is 5.11 Å². The molecule has 2 aromatic heterocycles. The minimum absolute atomic E-state index is 0.564. The van der Waals surface area contributed by atoms with Crippen LogP contribution in [0.2, 0.25) is 0 Å². The van der Waals surface area contributed by atoms with Crippen LogP contribution in [0.4, 0.5) is 0 Å². The van der Waals surface area contributed by atoms with Crippen LogP contribution in [0.3, 0.4) is 0 Å². The van der Waals surface area contributed by atoms with Crippen molar-refractivity contribution >= 4 is 5.52 Å². The summed E-state index contributed by atoms with van der Waals surface area (Å²) >= 11 is 0. The van der Waals surface area contributed by atoms with Gasteiger partial charge in [0.15, 0.2) is 0 Å². The zero-order chi connectivity index (χ0) is 12.8. The lowest BCUT2D eigenvalue weighted by Crippen LogP contribution is -2.59. The minimum atomic E-state index is -0.564. The van der Waals surface area contributed by atoms with E-state index in [4.69, 9.17) is 0 Å². The fourth-order valence-electron chi connectivity index (χ4n) is 2.70. The smallest absolute Gasteiger partial charge is 0.102 e. The van der Waals surface area contributed by atoms with Crippen LogP contribution >= 0.6 is 0 Å². The minimum Gasteiger partial charge on any atom is -0.388 e. The van der Waals surface area contributed by atoms with Crippen molar-refractivity contribution in [2.45, 2.75) is 19.1 Å². The van der Waals surface area contributed by atoms with Gasteiger partial charge in [-0.2, -0.15) is 5.26 Å². The molecule has 0 atom stereocenters. The Morgan fingerprint density at radius 3 is 2.89 bits per heavy atom. The van der Waals surface area contributed by atoms with E-state index in [-0.39, 0.29) is 0 Å². The SMILES string of the molecule is CC1(O)CN(Cc2cn3ccccc3c2C#N)C1. The molecular weight excluding hydrogens is 226 g/mol. The van der Waals surface area contributed by atoms with Gasteiger partial charge < -0.3 is 9.51 Å². The summed E-state index contributed by atoms with van der Waals surface area (Å²) in [6.07, 6.45) is 3.95. The molecule has 0 saturated carbocycles. The number of nitrogens with zero attached hydrogens (tertiary/aromatic N) is 3. The Balaban J connectivity index is 1.91. The Kier molecular flexibility index (Phi) is 2.40. The molecule has 0 bridgehead atoms. The third-order valence-electron chi connectivity index (χ3n) is 3.40. The highest BCUT2D eigenvalue weighted by molar-refractivity contribution is 5.65. The topological polar surface area (TPSA) is 51.7 Å². The summed E-state index contributed by atoms with van der Waals surface area (Å²) in [6.45, 7) is 3.90. The molecule has 0 aliphatic carbocycles. The molecule has 1 aliphatic rings. The lowest BCUT2D eigenvalue weighted by Gasteiger charge is -2.44. The number of hydrogen-bond donors (Lipinski definition) is 1. The summed E-state index contributed by atoms with van der Waals surface area (Å²) in [4.78, 5) is 2.15. The molecule has 4 nitrogen and oxygen atoms in total. The number of β-amino-alcohol motifs (C(OH)–C–C–N with tert-alkyl or cyclic N) is 1. The number of rotatable bonds is 2. The summed E-state index contributed by atoms with van der Waals surface area (Å²) < 4.78 is 1.98. The van der Waals surface area contributed by atoms with E-state index in [1.807, 2.05) is 41.9 Å². The Labute approximate surface area is 106 Å². The highest BCUT2D eigenvalue weighted by Gasteiger charge is 2.36. The second-order valence-corrected chi connectivity index (χ2v) is 5.28. The number of likely N-dealkylation sites (tertiary alicyclic amines) is 1. The molecule has 0 unspecified atom stereocenters. The van der Waals surface area contributed by atoms with Crippen molar-refractivity contribution in [1.82, 2.24) is 9.30 Å². The summed E-state index contributed by atoms with van der Waals surface area (Å²) in [5.41, 5.74) is 2.15. The lowest BCUT2D eigenvalue weighted by atomic mass is 9.96. The highest BCUT2D eigenvalue weighted by Crippen LogP contribution is 2.25. The maximum atomic E-state index is 9.72. The van der Waals surface area contributed by atoms with E-state index < -0.39 is 5.60 Å². The van der Waals surface area contributed by atoms with Crippen LogP contribution in [0, 0.1) is 11.3 Å². The molecule has 0 radical (unpaired) electrons. The zero-order valence-corrected chi connectivity index (χ0v) is 10.3. The molecule has 1 aliphatic heterocycles. The second kappa shape index (κ2) is 3.84. The van der Waals surface area contributed by atoms with Gasteiger partial charge in [0, 0.05) is 37.6 Å². The fourth-order valence-corrected chi connectivity index (χ4v) is 2.70. The molecule has 1 fully saturated rings. The molecule has 18 heavy (non-hydrogen) atoms. The molecule has 4 heteroatoms. The molecule has 3 heterocycles. The van der Waals surface area contributed by atoms with Crippen molar-refractivity contribution in [3.05, 3.63) is 41.7 Å². The van der Waals surface area contributed by atoms with Crippen molar-refractivity contribution in [3.63, 3.8) is 0 Å². The molecule has 3 rings (SSSR count). The third kappa shape index (κ3) is 1.78. The van der Waals surface area contributed by atoms with Crippen molar-refractivity contribution in [3.8, 4) is 6.07 Å². The molecule has 2 aromatic rings. The van der Waals surface area contributed by atoms with E-state index >= 15 is 0 Å². The predicted octanol–water partition coefficient (Wildman–Crippen LogP) is 1.38. The average Bonchev–Trinajstić information content (AvgIpc) is 2.63. The van der Waals surface area contributed by atoms with Crippen LogP contribution in [0.5, 0.6) is 0 Å². The number of nitriles is 1. The van der Waals surface area contributed by atoms with Gasteiger partial charge in [-0.15, -0.1) is 0 Å². The van der Waals surface area contributed by atoms with Crippen LogP contribution < -0.4 is 0 Å². The quantitative estimate of drug-likeness (QED) is 0.864. The summed E-state index contributed by atoms with van der Waals surface area (Å²) in [6, 6.07) is 8.13. The first kappa shape index (κ1) is 11.3. The van der Waals surface area contributed by atoms with Gasteiger partial charge in [-0.1, -0.05) is 6.07 Å². The molecule has 0 aromatic carbocycles. The van der Waals surface area contributed by atoms with Crippen LogP contribution in [-0.2, 0) is 6.54 Å². The van der Waals surface area contributed by atoms with E-state index in [9.17, 15) is 10.4 Å². The van der Waals surface area contributed by atoms with E-state index in [1.165, 1.54) is 0 Å². The Morgan fingerprint density at radius 1 is 1.44 bits per heavy atom. The fraction of sp³-hybridized carbons (Fsp3) is 0.357. The van der Waals surface area contributed by atoms with Crippen LogP contribution in [0.1, 0.15) is 18.1 Å². The standard InChI is InChI=1S/C14H15N3O/c1-14(18)9-16(10-14)7-11-8-17-5-3-2-4-13(17)12(11)6-15/h2-5,8,18H,7,9-10H2,1H3. The number of aromatic nitrogens is 1. The van der Waals surface area contributed by atoms with E-state index in [2.05, 4.69) is 11.0 Å². The first-order chi connectivity index (χ1) is 8.59. The normalized spacial score (nSPS) is 18.5. The summed E-state index contributed by atoms with van der Waals surface area (Å²) in [7, 11) is 0. The molecule has 0 spiro atoms. The van der Waals surface area contributed by atoms with Gasteiger partial charge in [-0.05, 0) is 19.1 Å². The van der Waals surface area contributed by atoms with Crippen molar-refractivity contribution in [2.24, 2.45) is 0 Å². The Morgan fingerprint density at radius 2 is 2.22 bits per heavy atom. The molecule has 0 amide bonds. The molecular formula is C14H15N3O. The van der Waals surface area contributed by atoms with Gasteiger partial charge in [0.25, 0.3) is 0 Å². The predicted molar refractivity (Wildman–Crippen MR) is 68.0 cm³/mol. The van der Waals surface area contributed by atoms with Crippen LogP contribution in [0.15, 0.2) is 30.6 Å². The third-order valence-corrected chi connectivity index (χ3v) is 3.40. The monoisotopic (exact) mass is 241 g/mol. The van der Waals surface area contributed by atoms with Gasteiger partial charge in [-0.25, -0.2) is 0 Å². The molecule has 1 saturated heterocycles. The van der Waals surface area contributed by atoms with Gasteiger partial charge in [0.05, 0.1) is 16.7 Å². The first-order valence-corrected chi connectivity index (χ1v) is 6.02. The van der Waals surface area contributed by atoms with Crippen molar-refractivity contribution in [2.75, 3.05) is 13.1 Å². The van der Waals surface area contributed by atoms with Gasteiger partial charge in [-0.3, -0.25) is 4.90 Å². The molecule has 92 valence electrons. The zero-order valence-electron chi connectivity index (χ0n) is 10.3. The average molecular weight is 241 g/mol. The summed E-state index contributed by atoms with van der Waals surface area (Å²) in [5.74, 6) is 0. The van der Waals surface area contributed by atoms with Crippen LogP contribution in [0.25, 0.3) is 5.52 Å². The van der Waals surface area contributed by atoms with Gasteiger partial charge >= 0.3 is 0 Å². The van der Waals surface area contributed by atoms with E-state index in [1.54, 1.807) is 0 Å². The highest BCUT2D eigenvalue weighted by atomic mass is 16.3. The Bertz CT molecular complexity index is 628. The van der Waals surface area contributed by atoms with Crippen molar-refractivity contribution in [1.29, 1.82) is 5.26 Å².